The predicted molar refractivity (Wildman–Crippen MR) is 158 cm³/mol. The van der Waals surface area contributed by atoms with Gasteiger partial charge in [-0.2, -0.15) is 4.98 Å². The van der Waals surface area contributed by atoms with Crippen molar-refractivity contribution in [2.45, 2.75) is 116 Å². The van der Waals surface area contributed by atoms with E-state index >= 15 is 0 Å². The number of hydrogen-bond acceptors (Lipinski definition) is 5. The zero-order valence-corrected chi connectivity index (χ0v) is 25.0. The van der Waals surface area contributed by atoms with Crippen LogP contribution in [-0.4, -0.2) is 35.5 Å². The summed E-state index contributed by atoms with van der Waals surface area (Å²) in [5.41, 5.74) is 1.93. The molecule has 2 aromatic heterocycles. The van der Waals surface area contributed by atoms with Gasteiger partial charge in [0, 0.05) is 35.7 Å². The quantitative estimate of drug-likeness (QED) is 0.195. The third-order valence-electron chi connectivity index (χ3n) is 8.48. The highest BCUT2D eigenvalue weighted by Crippen LogP contribution is 2.39. The van der Waals surface area contributed by atoms with Crippen LogP contribution in [0.3, 0.4) is 0 Å². The molecular formula is C30H46N4O2Si. The van der Waals surface area contributed by atoms with Crippen molar-refractivity contribution in [1.82, 2.24) is 14.5 Å². The Balaban J connectivity index is 1.67. The van der Waals surface area contributed by atoms with E-state index < -0.39 is 8.32 Å². The number of benzene rings is 1. The lowest BCUT2D eigenvalue weighted by atomic mass is 9.94. The molecule has 6 nitrogen and oxygen atoms in total. The zero-order chi connectivity index (χ0) is 26.8. The fourth-order valence-electron chi connectivity index (χ4n) is 5.26. The van der Waals surface area contributed by atoms with E-state index in [9.17, 15) is 4.79 Å². The third-order valence-corrected chi connectivity index (χ3v) is 13.0. The lowest BCUT2D eigenvalue weighted by molar-refractivity contribution is 0.141. The first-order valence-electron chi connectivity index (χ1n) is 14.2. The van der Waals surface area contributed by atoms with E-state index in [1.807, 2.05) is 29.8 Å². The van der Waals surface area contributed by atoms with Crippen LogP contribution in [0.4, 0.5) is 5.95 Å². The molecule has 1 aliphatic carbocycles. The number of aryl methyl sites for hydroxylation is 1. The molecule has 1 aromatic carbocycles. The molecular weight excluding hydrogens is 476 g/mol. The van der Waals surface area contributed by atoms with Crippen LogP contribution in [0.15, 0.2) is 29.2 Å². The van der Waals surface area contributed by atoms with Crippen LogP contribution in [0.25, 0.3) is 21.8 Å². The fraction of sp³-hybridized carbons (Fsp3) is 0.633. The number of anilines is 1. The fourth-order valence-corrected chi connectivity index (χ4v) is 6.69. The molecule has 3 aromatic rings. The number of hydrogen-bond donors (Lipinski definition) is 1. The molecule has 7 heteroatoms. The first-order chi connectivity index (χ1) is 17.5. The lowest BCUT2D eigenvalue weighted by Gasteiger charge is -2.40. The van der Waals surface area contributed by atoms with Crippen molar-refractivity contribution in [3.05, 3.63) is 40.3 Å². The van der Waals surface area contributed by atoms with Crippen molar-refractivity contribution in [3.63, 3.8) is 0 Å². The van der Waals surface area contributed by atoms with Crippen LogP contribution in [0.2, 0.25) is 18.1 Å². The van der Waals surface area contributed by atoms with Gasteiger partial charge in [-0.05, 0) is 81.5 Å². The predicted octanol–water partition coefficient (Wildman–Crippen LogP) is 7.75. The maximum absolute atomic E-state index is 14.0. The average Bonchev–Trinajstić information content (AvgIpc) is 2.81. The van der Waals surface area contributed by atoms with Gasteiger partial charge in [0.2, 0.25) is 5.95 Å². The van der Waals surface area contributed by atoms with Gasteiger partial charge in [-0.15, -0.1) is 0 Å². The van der Waals surface area contributed by atoms with Gasteiger partial charge in [0.1, 0.15) is 5.65 Å². The number of aromatic nitrogens is 3. The number of fused-ring (bicyclic) bond motifs is 3. The molecule has 1 saturated carbocycles. The minimum Gasteiger partial charge on any atom is -0.414 e. The Hall–Kier alpha value is -2.25. The molecule has 0 radical (unpaired) electrons. The highest BCUT2D eigenvalue weighted by atomic mass is 28.4. The van der Waals surface area contributed by atoms with Crippen LogP contribution in [0.5, 0.6) is 0 Å². The minimum absolute atomic E-state index is 0.0732. The van der Waals surface area contributed by atoms with Crippen LogP contribution in [0, 0.1) is 6.92 Å². The molecule has 1 aliphatic rings. The van der Waals surface area contributed by atoms with Crippen molar-refractivity contribution in [1.29, 1.82) is 0 Å². The first kappa shape index (κ1) is 27.8. The van der Waals surface area contributed by atoms with Gasteiger partial charge < -0.3 is 9.74 Å². The van der Waals surface area contributed by atoms with Gasteiger partial charge in [-0.3, -0.25) is 9.36 Å². The summed E-state index contributed by atoms with van der Waals surface area (Å²) in [7, 11) is -1.79. The van der Waals surface area contributed by atoms with E-state index in [1.54, 1.807) is 0 Å². The monoisotopic (exact) mass is 522 g/mol. The third kappa shape index (κ3) is 6.09. The second-order valence-electron chi connectivity index (χ2n) is 12.5. The summed E-state index contributed by atoms with van der Waals surface area (Å²) in [4.78, 5) is 23.5. The molecule has 0 saturated heterocycles. The number of nitrogens with zero attached hydrogens (tertiary/aromatic N) is 3. The van der Waals surface area contributed by atoms with Crippen molar-refractivity contribution >= 4 is 36.1 Å². The molecule has 1 N–H and O–H groups in total. The Morgan fingerprint density at radius 1 is 1.08 bits per heavy atom. The van der Waals surface area contributed by atoms with E-state index in [1.165, 1.54) is 0 Å². The molecule has 202 valence electrons. The minimum atomic E-state index is -1.79. The highest BCUT2D eigenvalue weighted by molar-refractivity contribution is 6.74. The van der Waals surface area contributed by atoms with Crippen molar-refractivity contribution in [2.24, 2.45) is 0 Å². The van der Waals surface area contributed by atoms with Crippen LogP contribution < -0.4 is 10.9 Å². The molecule has 4 rings (SSSR count). The molecule has 0 bridgehead atoms. The molecule has 0 spiro atoms. The molecule has 0 atom stereocenters. The van der Waals surface area contributed by atoms with Gasteiger partial charge in [0.25, 0.3) is 5.56 Å². The lowest BCUT2D eigenvalue weighted by Crippen LogP contribution is -2.44. The van der Waals surface area contributed by atoms with Crippen molar-refractivity contribution in [3.8, 4) is 0 Å². The molecule has 37 heavy (non-hydrogen) atoms. The summed E-state index contributed by atoms with van der Waals surface area (Å²) >= 11 is 0. The van der Waals surface area contributed by atoms with Crippen molar-refractivity contribution in [2.75, 3.05) is 11.9 Å². The van der Waals surface area contributed by atoms with Gasteiger partial charge in [0.15, 0.2) is 8.32 Å². The van der Waals surface area contributed by atoms with E-state index in [4.69, 9.17) is 9.41 Å². The summed E-state index contributed by atoms with van der Waals surface area (Å²) in [6.45, 7) is 16.7. The Morgan fingerprint density at radius 2 is 1.78 bits per heavy atom. The molecule has 0 unspecified atom stereocenters. The first-order valence-corrected chi connectivity index (χ1v) is 17.2. The largest absolute Gasteiger partial charge is 0.414 e. The zero-order valence-electron chi connectivity index (χ0n) is 24.0. The van der Waals surface area contributed by atoms with Gasteiger partial charge in [-0.25, -0.2) is 4.98 Å². The van der Waals surface area contributed by atoms with E-state index in [0.717, 1.165) is 85.3 Å². The summed E-state index contributed by atoms with van der Waals surface area (Å²) in [6, 6.07) is 6.27. The number of rotatable bonds is 7. The Kier molecular flexibility index (Phi) is 8.44. The van der Waals surface area contributed by atoms with Crippen LogP contribution in [-0.2, 0) is 4.43 Å². The highest BCUT2D eigenvalue weighted by Gasteiger charge is 2.39. The smallest absolute Gasteiger partial charge is 0.260 e. The Labute approximate surface area is 223 Å². The summed E-state index contributed by atoms with van der Waals surface area (Å²) in [5, 5.41) is 6.24. The van der Waals surface area contributed by atoms with Crippen LogP contribution in [0.1, 0.15) is 90.7 Å². The normalized spacial score (nSPS) is 19.6. The second-order valence-corrected chi connectivity index (χ2v) is 17.2. The molecule has 0 aliphatic heterocycles. The maximum atomic E-state index is 14.0. The second kappa shape index (κ2) is 11.2. The summed E-state index contributed by atoms with van der Waals surface area (Å²) in [6.07, 6.45) is 10.5. The van der Waals surface area contributed by atoms with E-state index in [0.29, 0.717) is 12.1 Å². The van der Waals surface area contributed by atoms with E-state index in [-0.39, 0.29) is 16.6 Å². The maximum Gasteiger partial charge on any atom is 0.260 e. The number of unbranched alkanes of at least 4 members (excludes halogenated alkanes) is 1. The van der Waals surface area contributed by atoms with Gasteiger partial charge in [0.05, 0.1) is 0 Å². The molecule has 0 amide bonds. The number of pyridine rings is 1. The van der Waals surface area contributed by atoms with Gasteiger partial charge >= 0.3 is 0 Å². The molecule has 2 heterocycles. The van der Waals surface area contributed by atoms with Gasteiger partial charge in [-0.1, -0.05) is 51.8 Å². The SMILES string of the molecule is CCCCNc1ncc2c3ccc(C)cc3c(=O)n(C3CCCC(O[Si](C)(C)C(C)(C)C)CCC3)c2n1. The Morgan fingerprint density at radius 3 is 2.43 bits per heavy atom. The standard InChI is InChI=1S/C30H46N4O2Si/c1-8-9-18-31-29-32-20-26-24-17-16-21(2)19-25(24)28(35)34(27(26)33-29)22-12-10-14-23(15-11-13-22)36-37(6,7)30(3,4)5/h16-17,19-20,22-23H,8-15,18H2,1-7H3,(H,31,32,33). The Bertz CT molecular complexity index is 1280. The van der Waals surface area contributed by atoms with E-state index in [2.05, 4.69) is 57.2 Å². The summed E-state index contributed by atoms with van der Waals surface area (Å²) < 4.78 is 8.79. The molecule has 1 fully saturated rings. The summed E-state index contributed by atoms with van der Waals surface area (Å²) in [5.74, 6) is 0.606. The average molecular weight is 523 g/mol. The van der Waals surface area contributed by atoms with Crippen LogP contribution >= 0.6 is 0 Å². The number of nitrogens with one attached hydrogen (secondary N) is 1. The topological polar surface area (TPSA) is 69.0 Å². The van der Waals surface area contributed by atoms with Crippen molar-refractivity contribution < 1.29 is 4.43 Å².